The maximum Gasteiger partial charge on any atom is 0.231 e. The third-order valence-electron chi connectivity index (χ3n) is 3.02. The lowest BCUT2D eigenvalue weighted by atomic mass is 10.1. The first-order valence-corrected chi connectivity index (χ1v) is 7.12. The van der Waals surface area contributed by atoms with Crippen LogP contribution >= 0.6 is 15.9 Å². The van der Waals surface area contributed by atoms with Crippen molar-refractivity contribution in [3.05, 3.63) is 70.0 Å². The zero-order chi connectivity index (χ0) is 14.7. The molecule has 4 nitrogen and oxygen atoms in total. The highest BCUT2D eigenvalue weighted by Crippen LogP contribution is 2.25. The average Bonchev–Trinajstić information content (AvgIpc) is 2.97. The summed E-state index contributed by atoms with van der Waals surface area (Å²) in [6, 6.07) is 17.2. The lowest BCUT2D eigenvalue weighted by molar-refractivity contribution is 0.385. The smallest absolute Gasteiger partial charge is 0.231 e. The van der Waals surface area contributed by atoms with Crippen LogP contribution in [0.3, 0.4) is 0 Å². The van der Waals surface area contributed by atoms with Gasteiger partial charge in [0, 0.05) is 10.0 Å². The fourth-order valence-electron chi connectivity index (χ4n) is 1.95. The quantitative estimate of drug-likeness (QED) is 0.724. The Morgan fingerprint density at radius 1 is 1.10 bits per heavy atom. The number of nitriles is 1. The molecule has 1 heterocycles. The minimum Gasteiger partial charge on any atom is -0.339 e. The van der Waals surface area contributed by atoms with Gasteiger partial charge in [0.2, 0.25) is 11.7 Å². The van der Waals surface area contributed by atoms with Crippen molar-refractivity contribution in [2.75, 3.05) is 0 Å². The summed E-state index contributed by atoms with van der Waals surface area (Å²) < 4.78 is 6.21. The van der Waals surface area contributed by atoms with Crippen LogP contribution in [0.4, 0.5) is 0 Å². The average molecular weight is 340 g/mol. The number of rotatable bonds is 3. The summed E-state index contributed by atoms with van der Waals surface area (Å²) in [5.41, 5.74) is 2.56. The summed E-state index contributed by atoms with van der Waals surface area (Å²) in [5, 5.41) is 12.8. The highest BCUT2D eigenvalue weighted by molar-refractivity contribution is 9.10. The second kappa shape index (κ2) is 5.90. The van der Waals surface area contributed by atoms with Gasteiger partial charge >= 0.3 is 0 Å². The summed E-state index contributed by atoms with van der Waals surface area (Å²) in [5.74, 6) is 1.11. The van der Waals surface area contributed by atoms with Gasteiger partial charge in [-0.3, -0.25) is 0 Å². The molecule has 0 saturated carbocycles. The van der Waals surface area contributed by atoms with Gasteiger partial charge in [-0.25, -0.2) is 0 Å². The molecule has 0 bridgehead atoms. The SMILES string of the molecule is N#Cc1ccc(Cc2nc(-c3ccccc3Br)no2)cc1. The Bertz CT molecular complexity index is 803. The molecule has 0 spiro atoms. The predicted octanol–water partition coefficient (Wildman–Crippen LogP) is 3.96. The Balaban J connectivity index is 1.82. The first-order chi connectivity index (χ1) is 10.3. The molecule has 0 unspecified atom stereocenters. The molecule has 0 saturated heterocycles. The van der Waals surface area contributed by atoms with E-state index in [0.29, 0.717) is 23.7 Å². The topological polar surface area (TPSA) is 62.7 Å². The molecule has 0 aliphatic rings. The standard InChI is InChI=1S/C16H10BrN3O/c17-14-4-2-1-3-13(14)16-19-15(21-20-16)9-11-5-7-12(10-18)8-6-11/h1-8H,9H2. The van der Waals surface area contributed by atoms with Gasteiger partial charge in [0.1, 0.15) is 0 Å². The molecule has 0 N–H and O–H groups in total. The van der Waals surface area contributed by atoms with Crippen LogP contribution in [0.25, 0.3) is 11.4 Å². The summed E-state index contributed by atoms with van der Waals surface area (Å²) in [7, 11) is 0. The molecule has 1 aromatic heterocycles. The number of hydrogen-bond donors (Lipinski definition) is 0. The minimum atomic E-state index is 0.545. The Morgan fingerprint density at radius 2 is 1.86 bits per heavy atom. The number of halogens is 1. The Hall–Kier alpha value is -2.45. The van der Waals surface area contributed by atoms with Crippen LogP contribution in [0.5, 0.6) is 0 Å². The number of nitrogens with zero attached hydrogens (tertiary/aromatic N) is 3. The van der Waals surface area contributed by atoms with Gasteiger partial charge in [0.15, 0.2) is 0 Å². The zero-order valence-electron chi connectivity index (χ0n) is 11.0. The van der Waals surface area contributed by atoms with Gasteiger partial charge in [-0.15, -0.1) is 0 Å². The van der Waals surface area contributed by atoms with Gasteiger partial charge < -0.3 is 4.52 Å². The zero-order valence-corrected chi connectivity index (χ0v) is 12.5. The Kier molecular flexibility index (Phi) is 3.80. The fourth-order valence-corrected chi connectivity index (χ4v) is 2.41. The van der Waals surface area contributed by atoms with Crippen molar-refractivity contribution in [3.8, 4) is 17.5 Å². The van der Waals surface area contributed by atoms with Crippen molar-refractivity contribution in [1.82, 2.24) is 10.1 Å². The van der Waals surface area contributed by atoms with E-state index in [1.165, 1.54) is 0 Å². The lowest BCUT2D eigenvalue weighted by Gasteiger charge is -1.97. The van der Waals surface area contributed by atoms with Crippen LogP contribution in [0.2, 0.25) is 0 Å². The van der Waals surface area contributed by atoms with Crippen molar-refractivity contribution in [2.45, 2.75) is 6.42 Å². The molecule has 2 aromatic carbocycles. The van der Waals surface area contributed by atoms with Crippen molar-refractivity contribution in [3.63, 3.8) is 0 Å². The second-order valence-electron chi connectivity index (χ2n) is 4.48. The van der Waals surface area contributed by atoms with Gasteiger partial charge in [-0.1, -0.05) is 45.4 Å². The van der Waals surface area contributed by atoms with E-state index < -0.39 is 0 Å². The number of aromatic nitrogens is 2. The van der Waals surface area contributed by atoms with Crippen LogP contribution in [-0.2, 0) is 6.42 Å². The molecule has 0 aliphatic heterocycles. The van der Waals surface area contributed by atoms with Crippen molar-refractivity contribution >= 4 is 15.9 Å². The normalized spacial score (nSPS) is 10.3. The molecule has 0 amide bonds. The monoisotopic (exact) mass is 339 g/mol. The van der Waals surface area contributed by atoms with E-state index in [4.69, 9.17) is 9.78 Å². The highest BCUT2D eigenvalue weighted by Gasteiger charge is 2.11. The molecule has 0 aliphatic carbocycles. The summed E-state index contributed by atoms with van der Waals surface area (Å²) in [6.07, 6.45) is 0.545. The third-order valence-corrected chi connectivity index (χ3v) is 3.71. The molecular weight excluding hydrogens is 330 g/mol. The van der Waals surface area contributed by atoms with Gasteiger partial charge in [-0.05, 0) is 29.8 Å². The molecular formula is C16H10BrN3O. The minimum absolute atomic E-state index is 0.545. The molecule has 3 aromatic rings. The Labute approximate surface area is 130 Å². The maximum atomic E-state index is 8.78. The Morgan fingerprint density at radius 3 is 2.57 bits per heavy atom. The molecule has 21 heavy (non-hydrogen) atoms. The van der Waals surface area contributed by atoms with Crippen LogP contribution in [0, 0.1) is 11.3 Å². The van der Waals surface area contributed by atoms with Crippen molar-refractivity contribution in [2.24, 2.45) is 0 Å². The molecule has 5 heteroatoms. The van der Waals surface area contributed by atoms with E-state index in [0.717, 1.165) is 15.6 Å². The number of benzene rings is 2. The molecule has 3 rings (SSSR count). The summed E-state index contributed by atoms with van der Waals surface area (Å²) >= 11 is 3.47. The number of hydrogen-bond acceptors (Lipinski definition) is 4. The van der Waals surface area contributed by atoms with Crippen molar-refractivity contribution in [1.29, 1.82) is 5.26 Å². The first-order valence-electron chi connectivity index (χ1n) is 6.33. The largest absolute Gasteiger partial charge is 0.339 e. The van der Waals surface area contributed by atoms with E-state index in [9.17, 15) is 0 Å². The van der Waals surface area contributed by atoms with Crippen molar-refractivity contribution < 1.29 is 4.52 Å². The first kappa shape index (κ1) is 13.5. The molecule has 0 radical (unpaired) electrons. The third kappa shape index (κ3) is 3.01. The van der Waals surface area contributed by atoms with E-state index in [2.05, 4.69) is 32.1 Å². The maximum absolute atomic E-state index is 8.78. The lowest BCUT2D eigenvalue weighted by Crippen LogP contribution is -1.89. The van der Waals surface area contributed by atoms with E-state index in [1.54, 1.807) is 12.1 Å². The summed E-state index contributed by atoms with van der Waals surface area (Å²) in [4.78, 5) is 4.41. The van der Waals surface area contributed by atoms with Gasteiger partial charge in [0.25, 0.3) is 0 Å². The molecule has 0 fully saturated rings. The second-order valence-corrected chi connectivity index (χ2v) is 5.33. The van der Waals surface area contributed by atoms with Crippen LogP contribution in [-0.4, -0.2) is 10.1 Å². The van der Waals surface area contributed by atoms with Gasteiger partial charge in [-0.2, -0.15) is 10.2 Å². The van der Waals surface area contributed by atoms with Crippen LogP contribution in [0.1, 0.15) is 17.0 Å². The van der Waals surface area contributed by atoms with E-state index in [-0.39, 0.29) is 0 Å². The summed E-state index contributed by atoms with van der Waals surface area (Å²) in [6.45, 7) is 0. The molecule has 0 atom stereocenters. The van der Waals surface area contributed by atoms with Gasteiger partial charge in [0.05, 0.1) is 18.1 Å². The molecule has 102 valence electrons. The highest BCUT2D eigenvalue weighted by atomic mass is 79.9. The predicted molar refractivity (Wildman–Crippen MR) is 81.4 cm³/mol. The fraction of sp³-hybridized carbons (Fsp3) is 0.0625. The van der Waals surface area contributed by atoms with E-state index in [1.807, 2.05) is 36.4 Å². The van der Waals surface area contributed by atoms with Crippen LogP contribution in [0.15, 0.2) is 57.5 Å². The van der Waals surface area contributed by atoms with Crippen LogP contribution < -0.4 is 0 Å². The van der Waals surface area contributed by atoms with E-state index >= 15 is 0 Å².